The van der Waals surface area contributed by atoms with Gasteiger partial charge in [-0.15, -0.1) is 0 Å². The van der Waals surface area contributed by atoms with Gasteiger partial charge in [0, 0.05) is 11.6 Å². The topological polar surface area (TPSA) is 58.6 Å². The molecule has 0 fully saturated rings. The van der Waals surface area contributed by atoms with Gasteiger partial charge < -0.3 is 15.2 Å². The van der Waals surface area contributed by atoms with E-state index in [1.54, 1.807) is 32.0 Å². The second-order valence-corrected chi connectivity index (χ2v) is 4.77. The monoisotopic (exact) mass is 291 g/mol. The lowest BCUT2D eigenvalue weighted by Crippen LogP contribution is -2.39. The van der Waals surface area contributed by atoms with E-state index >= 15 is 0 Å². The number of amides is 1. The highest BCUT2D eigenvalue weighted by atomic mass is 35.5. The number of aliphatic hydroxyl groups is 1. The van der Waals surface area contributed by atoms with Crippen LogP contribution < -0.4 is 10.1 Å². The summed E-state index contributed by atoms with van der Waals surface area (Å²) in [7, 11) is 0. The van der Waals surface area contributed by atoms with Crippen LogP contribution in [0, 0.1) is 0 Å². The van der Waals surface area contributed by atoms with Gasteiger partial charge in [0.15, 0.2) is 6.10 Å². The van der Waals surface area contributed by atoms with Crippen molar-refractivity contribution in [2.45, 2.75) is 26.1 Å². The van der Waals surface area contributed by atoms with Crippen molar-refractivity contribution in [2.75, 3.05) is 6.54 Å². The molecule has 0 saturated carbocycles. The summed E-state index contributed by atoms with van der Waals surface area (Å²) in [5.74, 6) is 0.0719. The van der Waals surface area contributed by atoms with E-state index in [-0.39, 0.29) is 12.5 Å². The Balaban J connectivity index is 2.58. The van der Waals surface area contributed by atoms with Crippen LogP contribution in [0.1, 0.15) is 13.8 Å². The Kier molecular flexibility index (Phi) is 5.72. The molecule has 1 amide bonds. The summed E-state index contributed by atoms with van der Waals surface area (Å²) in [6.07, 6.45) is -1.30. The van der Waals surface area contributed by atoms with E-state index in [1.165, 1.54) is 0 Å². The van der Waals surface area contributed by atoms with Gasteiger partial charge in [-0.1, -0.05) is 23.2 Å². The van der Waals surface area contributed by atoms with Gasteiger partial charge in [-0.25, -0.2) is 0 Å². The third-order valence-electron chi connectivity index (χ3n) is 2.14. The van der Waals surface area contributed by atoms with Crippen molar-refractivity contribution in [1.82, 2.24) is 5.32 Å². The van der Waals surface area contributed by atoms with Crippen molar-refractivity contribution in [3.8, 4) is 5.75 Å². The third-order valence-corrected chi connectivity index (χ3v) is 2.67. The van der Waals surface area contributed by atoms with Crippen LogP contribution in [0.5, 0.6) is 5.75 Å². The lowest BCUT2D eigenvalue weighted by atomic mass is 10.3. The summed E-state index contributed by atoms with van der Waals surface area (Å²) in [5.41, 5.74) is 0. The highest BCUT2D eigenvalue weighted by molar-refractivity contribution is 6.35. The van der Waals surface area contributed by atoms with Crippen molar-refractivity contribution in [3.05, 3.63) is 28.2 Å². The van der Waals surface area contributed by atoms with Crippen molar-refractivity contribution in [2.24, 2.45) is 0 Å². The highest BCUT2D eigenvalue weighted by Gasteiger charge is 2.16. The predicted octanol–water partition coefficient (Wildman–Crippen LogP) is 2.26. The fraction of sp³-hybridized carbons (Fsp3) is 0.417. The number of rotatable bonds is 5. The Labute approximate surface area is 116 Å². The second-order valence-electron chi connectivity index (χ2n) is 3.93. The summed E-state index contributed by atoms with van der Waals surface area (Å²) in [4.78, 5) is 11.6. The molecular formula is C12H15Cl2NO3. The SMILES string of the molecule is CC(O)CNC(=O)C(C)Oc1ccc(Cl)cc1Cl. The Hall–Kier alpha value is -0.970. The van der Waals surface area contributed by atoms with Crippen LogP contribution in [0.4, 0.5) is 0 Å². The molecule has 2 atom stereocenters. The molecule has 18 heavy (non-hydrogen) atoms. The molecule has 0 saturated heterocycles. The smallest absolute Gasteiger partial charge is 0.260 e. The number of hydrogen-bond donors (Lipinski definition) is 2. The van der Waals surface area contributed by atoms with E-state index in [0.29, 0.717) is 15.8 Å². The van der Waals surface area contributed by atoms with Crippen molar-refractivity contribution in [1.29, 1.82) is 0 Å². The Morgan fingerprint density at radius 1 is 1.44 bits per heavy atom. The summed E-state index contributed by atoms with van der Waals surface area (Å²) in [6, 6.07) is 4.77. The number of carbonyl (C=O) groups is 1. The molecule has 100 valence electrons. The number of carbonyl (C=O) groups excluding carboxylic acids is 1. The van der Waals surface area contributed by atoms with Crippen molar-refractivity contribution < 1.29 is 14.6 Å². The number of hydrogen-bond acceptors (Lipinski definition) is 3. The van der Waals surface area contributed by atoms with Crippen LogP contribution in [-0.2, 0) is 4.79 Å². The van der Waals surface area contributed by atoms with Crippen LogP contribution in [0.3, 0.4) is 0 Å². The molecule has 0 aliphatic rings. The molecule has 0 heterocycles. The molecule has 4 nitrogen and oxygen atoms in total. The van der Waals surface area contributed by atoms with E-state index in [1.807, 2.05) is 0 Å². The standard InChI is InChI=1S/C12H15Cl2NO3/c1-7(16)6-15-12(17)8(2)18-11-4-3-9(13)5-10(11)14/h3-5,7-8,16H,6H2,1-2H3,(H,15,17). The van der Waals surface area contributed by atoms with Crippen LogP contribution >= 0.6 is 23.2 Å². The zero-order chi connectivity index (χ0) is 13.7. The molecule has 0 aliphatic carbocycles. The molecule has 0 aliphatic heterocycles. The van der Waals surface area contributed by atoms with Crippen LogP contribution in [0.25, 0.3) is 0 Å². The van der Waals surface area contributed by atoms with E-state index < -0.39 is 12.2 Å². The van der Waals surface area contributed by atoms with E-state index in [9.17, 15) is 4.79 Å². The van der Waals surface area contributed by atoms with Gasteiger partial charge in [0.1, 0.15) is 5.75 Å². The molecule has 1 aromatic carbocycles. The zero-order valence-electron chi connectivity index (χ0n) is 10.1. The summed E-state index contributed by atoms with van der Waals surface area (Å²) in [6.45, 7) is 3.37. The molecular weight excluding hydrogens is 277 g/mol. The first-order valence-electron chi connectivity index (χ1n) is 5.47. The summed E-state index contributed by atoms with van der Waals surface area (Å²) in [5, 5.41) is 12.4. The minimum atomic E-state index is -0.706. The van der Waals surface area contributed by atoms with E-state index in [2.05, 4.69) is 5.32 Å². The summed E-state index contributed by atoms with van der Waals surface area (Å²) >= 11 is 11.7. The number of aliphatic hydroxyl groups excluding tert-OH is 1. The fourth-order valence-electron chi connectivity index (χ4n) is 1.21. The van der Waals surface area contributed by atoms with Crippen LogP contribution in [0.2, 0.25) is 10.0 Å². The molecule has 2 N–H and O–H groups in total. The normalized spacial score (nSPS) is 13.8. The van der Waals surface area contributed by atoms with Crippen molar-refractivity contribution >= 4 is 29.1 Å². The maximum atomic E-state index is 11.6. The Bertz CT molecular complexity index is 424. The molecule has 0 bridgehead atoms. The Morgan fingerprint density at radius 2 is 2.11 bits per heavy atom. The van der Waals surface area contributed by atoms with Crippen molar-refractivity contribution in [3.63, 3.8) is 0 Å². The third kappa shape index (κ3) is 4.72. The average Bonchev–Trinajstić information content (AvgIpc) is 2.29. The molecule has 1 aromatic rings. The molecule has 1 rings (SSSR count). The maximum Gasteiger partial charge on any atom is 0.260 e. The fourth-order valence-corrected chi connectivity index (χ4v) is 1.66. The largest absolute Gasteiger partial charge is 0.479 e. The van der Waals surface area contributed by atoms with Gasteiger partial charge in [0.05, 0.1) is 11.1 Å². The number of halogens is 2. The number of ether oxygens (including phenoxy) is 1. The van der Waals surface area contributed by atoms with Crippen LogP contribution in [-0.4, -0.2) is 29.8 Å². The van der Waals surface area contributed by atoms with Gasteiger partial charge in [-0.3, -0.25) is 4.79 Å². The van der Waals surface area contributed by atoms with Gasteiger partial charge in [0.25, 0.3) is 5.91 Å². The second kappa shape index (κ2) is 6.83. The minimum absolute atomic E-state index is 0.181. The molecule has 0 aromatic heterocycles. The zero-order valence-corrected chi connectivity index (χ0v) is 11.6. The van der Waals surface area contributed by atoms with Gasteiger partial charge in [-0.05, 0) is 32.0 Å². The minimum Gasteiger partial charge on any atom is -0.479 e. The number of nitrogens with one attached hydrogen (secondary N) is 1. The van der Waals surface area contributed by atoms with Crippen LogP contribution in [0.15, 0.2) is 18.2 Å². The first kappa shape index (κ1) is 15.1. The maximum absolute atomic E-state index is 11.6. The first-order valence-corrected chi connectivity index (χ1v) is 6.23. The molecule has 0 radical (unpaired) electrons. The van der Waals surface area contributed by atoms with Gasteiger partial charge in [-0.2, -0.15) is 0 Å². The number of benzene rings is 1. The molecule has 0 spiro atoms. The average molecular weight is 292 g/mol. The first-order chi connectivity index (χ1) is 8.40. The lowest BCUT2D eigenvalue weighted by molar-refractivity contribution is -0.127. The molecule has 2 unspecified atom stereocenters. The van der Waals surface area contributed by atoms with E-state index in [0.717, 1.165) is 0 Å². The van der Waals surface area contributed by atoms with Gasteiger partial charge in [0.2, 0.25) is 0 Å². The van der Waals surface area contributed by atoms with Gasteiger partial charge >= 0.3 is 0 Å². The Morgan fingerprint density at radius 3 is 2.67 bits per heavy atom. The quantitative estimate of drug-likeness (QED) is 0.875. The van der Waals surface area contributed by atoms with E-state index in [4.69, 9.17) is 33.0 Å². The predicted molar refractivity (Wildman–Crippen MR) is 71.2 cm³/mol. The molecule has 6 heteroatoms. The summed E-state index contributed by atoms with van der Waals surface area (Å²) < 4.78 is 5.41. The highest BCUT2D eigenvalue weighted by Crippen LogP contribution is 2.28. The lowest BCUT2D eigenvalue weighted by Gasteiger charge is -2.16.